The molecule has 0 atom stereocenters. The maximum absolute atomic E-state index is 13.1. The Morgan fingerprint density at radius 1 is 1.13 bits per heavy atom. The standard InChI is InChI=1S/C22H30Cl2N4O2/c1-5-11-27(22(30)25-19-10-6-9-18(23)21(19)24)15-20(29)28(13-16(2)3)14-17-8-7-12-26(17)4/h6-10,12,16H,5,11,13-15H2,1-4H3,(H,25,30). The molecule has 0 bridgehead atoms. The van der Waals surface area contributed by atoms with Gasteiger partial charge in [-0.15, -0.1) is 0 Å². The molecule has 1 heterocycles. The minimum atomic E-state index is -0.377. The number of urea groups is 1. The highest BCUT2D eigenvalue weighted by Gasteiger charge is 2.23. The van der Waals surface area contributed by atoms with Crippen LogP contribution in [0.25, 0.3) is 0 Å². The highest BCUT2D eigenvalue weighted by Crippen LogP contribution is 2.29. The summed E-state index contributed by atoms with van der Waals surface area (Å²) in [5.41, 5.74) is 1.46. The summed E-state index contributed by atoms with van der Waals surface area (Å²) >= 11 is 12.2. The van der Waals surface area contributed by atoms with Crippen molar-refractivity contribution in [3.05, 3.63) is 52.3 Å². The molecule has 1 aromatic heterocycles. The van der Waals surface area contributed by atoms with Crippen LogP contribution in [0.2, 0.25) is 10.0 Å². The summed E-state index contributed by atoms with van der Waals surface area (Å²) in [6.45, 7) is 7.68. The SMILES string of the molecule is CCCN(CC(=O)N(Cc1cccn1C)CC(C)C)C(=O)Nc1cccc(Cl)c1Cl. The van der Waals surface area contributed by atoms with Gasteiger partial charge in [0.25, 0.3) is 0 Å². The van der Waals surface area contributed by atoms with Crippen LogP contribution in [0.4, 0.5) is 10.5 Å². The second-order valence-corrected chi connectivity index (χ2v) is 8.52. The van der Waals surface area contributed by atoms with Crippen molar-refractivity contribution in [3.63, 3.8) is 0 Å². The molecule has 1 N–H and O–H groups in total. The lowest BCUT2D eigenvalue weighted by Gasteiger charge is -2.29. The van der Waals surface area contributed by atoms with E-state index in [9.17, 15) is 9.59 Å². The Balaban J connectivity index is 2.13. The van der Waals surface area contributed by atoms with E-state index in [1.165, 1.54) is 4.90 Å². The Bertz CT molecular complexity index is 867. The van der Waals surface area contributed by atoms with E-state index >= 15 is 0 Å². The Morgan fingerprint density at radius 3 is 2.47 bits per heavy atom. The van der Waals surface area contributed by atoms with Crippen LogP contribution in [-0.4, -0.2) is 45.9 Å². The molecule has 0 spiro atoms. The lowest BCUT2D eigenvalue weighted by Crippen LogP contribution is -2.45. The van der Waals surface area contributed by atoms with Crippen LogP contribution < -0.4 is 5.32 Å². The summed E-state index contributed by atoms with van der Waals surface area (Å²) in [5.74, 6) is 0.221. The van der Waals surface area contributed by atoms with Crippen molar-refractivity contribution in [2.24, 2.45) is 13.0 Å². The van der Waals surface area contributed by atoms with E-state index in [0.717, 1.165) is 12.1 Å². The molecule has 0 fully saturated rings. The topological polar surface area (TPSA) is 57.6 Å². The first-order valence-electron chi connectivity index (χ1n) is 10.1. The molecule has 6 nitrogen and oxygen atoms in total. The van der Waals surface area contributed by atoms with Crippen LogP contribution >= 0.6 is 23.2 Å². The number of rotatable bonds is 9. The van der Waals surface area contributed by atoms with Crippen molar-refractivity contribution in [1.82, 2.24) is 14.4 Å². The number of carbonyl (C=O) groups is 2. The number of nitrogens with zero attached hydrogens (tertiary/aromatic N) is 3. The Kier molecular flexibility index (Phi) is 9.06. The average Bonchev–Trinajstić information content (AvgIpc) is 3.08. The Labute approximate surface area is 188 Å². The molecule has 2 aromatic rings. The third-order valence-electron chi connectivity index (χ3n) is 4.64. The molecule has 2 rings (SSSR count). The average molecular weight is 453 g/mol. The van der Waals surface area contributed by atoms with E-state index in [1.54, 1.807) is 18.2 Å². The van der Waals surface area contributed by atoms with Gasteiger partial charge in [0.05, 0.1) is 22.3 Å². The number of hydrogen-bond donors (Lipinski definition) is 1. The third-order valence-corrected chi connectivity index (χ3v) is 5.46. The van der Waals surface area contributed by atoms with Gasteiger partial charge in [0.15, 0.2) is 0 Å². The first-order valence-corrected chi connectivity index (χ1v) is 10.9. The number of aryl methyl sites for hydroxylation is 1. The minimum Gasteiger partial charge on any atom is -0.353 e. The molecule has 3 amide bonds. The number of halogens is 2. The van der Waals surface area contributed by atoms with Crippen LogP contribution in [-0.2, 0) is 18.4 Å². The molecule has 0 aliphatic rings. The smallest absolute Gasteiger partial charge is 0.322 e. The lowest BCUT2D eigenvalue weighted by atomic mass is 10.2. The van der Waals surface area contributed by atoms with Crippen LogP contribution in [0.1, 0.15) is 32.9 Å². The van der Waals surface area contributed by atoms with Gasteiger partial charge in [-0.3, -0.25) is 4.79 Å². The molecule has 30 heavy (non-hydrogen) atoms. The molecule has 8 heteroatoms. The van der Waals surface area contributed by atoms with E-state index in [4.69, 9.17) is 23.2 Å². The summed E-state index contributed by atoms with van der Waals surface area (Å²) in [5, 5.41) is 3.41. The summed E-state index contributed by atoms with van der Waals surface area (Å²) in [7, 11) is 1.96. The van der Waals surface area contributed by atoms with Gasteiger partial charge in [-0.25, -0.2) is 4.79 Å². The molecular weight excluding hydrogens is 423 g/mol. The highest BCUT2D eigenvalue weighted by atomic mass is 35.5. The second-order valence-electron chi connectivity index (χ2n) is 7.73. The van der Waals surface area contributed by atoms with E-state index < -0.39 is 0 Å². The maximum atomic E-state index is 13.1. The number of aromatic nitrogens is 1. The fraction of sp³-hybridized carbons (Fsp3) is 0.455. The van der Waals surface area contributed by atoms with Gasteiger partial charge in [0.1, 0.15) is 6.54 Å². The van der Waals surface area contributed by atoms with Gasteiger partial charge in [0, 0.05) is 32.0 Å². The minimum absolute atomic E-state index is 0.00496. The predicted octanol–water partition coefficient (Wildman–Crippen LogP) is 5.26. The quantitative estimate of drug-likeness (QED) is 0.563. The molecule has 0 aliphatic carbocycles. The first kappa shape index (κ1) is 24.1. The van der Waals surface area contributed by atoms with Crippen molar-refractivity contribution in [1.29, 1.82) is 0 Å². The van der Waals surface area contributed by atoms with Crippen LogP contribution in [0, 0.1) is 5.92 Å². The van der Waals surface area contributed by atoms with Crippen molar-refractivity contribution < 1.29 is 9.59 Å². The number of benzene rings is 1. The van der Waals surface area contributed by atoms with Gasteiger partial charge in [-0.05, 0) is 36.6 Å². The highest BCUT2D eigenvalue weighted by molar-refractivity contribution is 6.43. The predicted molar refractivity (Wildman–Crippen MR) is 123 cm³/mol. The van der Waals surface area contributed by atoms with Crippen LogP contribution in [0.15, 0.2) is 36.5 Å². The first-order chi connectivity index (χ1) is 14.2. The third kappa shape index (κ3) is 6.67. The number of carbonyl (C=O) groups excluding carboxylic acids is 2. The Hall–Kier alpha value is -2.18. The van der Waals surface area contributed by atoms with Gasteiger partial charge in [0.2, 0.25) is 5.91 Å². The lowest BCUT2D eigenvalue weighted by molar-refractivity contribution is -0.133. The largest absolute Gasteiger partial charge is 0.353 e. The molecular formula is C22H30Cl2N4O2. The fourth-order valence-electron chi connectivity index (χ4n) is 3.13. The van der Waals surface area contributed by atoms with E-state index in [2.05, 4.69) is 19.2 Å². The number of anilines is 1. The van der Waals surface area contributed by atoms with Crippen molar-refractivity contribution >= 4 is 40.8 Å². The van der Waals surface area contributed by atoms with Gasteiger partial charge < -0.3 is 19.7 Å². The van der Waals surface area contributed by atoms with E-state index in [0.29, 0.717) is 36.3 Å². The monoisotopic (exact) mass is 452 g/mol. The fourth-order valence-corrected chi connectivity index (χ4v) is 3.48. The Morgan fingerprint density at radius 2 is 1.87 bits per heavy atom. The van der Waals surface area contributed by atoms with E-state index in [1.807, 2.05) is 41.8 Å². The second kappa shape index (κ2) is 11.3. The zero-order valence-electron chi connectivity index (χ0n) is 18.0. The molecule has 0 saturated heterocycles. The van der Waals surface area contributed by atoms with Crippen LogP contribution in [0.3, 0.4) is 0 Å². The normalized spacial score (nSPS) is 10.9. The number of amides is 3. The molecule has 0 aliphatic heterocycles. The van der Waals surface area contributed by atoms with Crippen molar-refractivity contribution in [2.45, 2.75) is 33.7 Å². The summed E-state index contributed by atoms with van der Waals surface area (Å²) < 4.78 is 2.00. The molecule has 0 saturated carbocycles. The molecule has 0 radical (unpaired) electrons. The van der Waals surface area contributed by atoms with Crippen molar-refractivity contribution in [2.75, 3.05) is 25.0 Å². The van der Waals surface area contributed by atoms with Gasteiger partial charge in [-0.1, -0.05) is 50.0 Å². The van der Waals surface area contributed by atoms with Crippen LogP contribution in [0.5, 0.6) is 0 Å². The van der Waals surface area contributed by atoms with Gasteiger partial charge in [-0.2, -0.15) is 0 Å². The molecule has 0 unspecified atom stereocenters. The molecule has 1 aromatic carbocycles. The zero-order valence-corrected chi connectivity index (χ0v) is 19.5. The van der Waals surface area contributed by atoms with Crippen molar-refractivity contribution in [3.8, 4) is 0 Å². The van der Waals surface area contributed by atoms with Gasteiger partial charge >= 0.3 is 6.03 Å². The zero-order chi connectivity index (χ0) is 22.3. The number of hydrogen-bond acceptors (Lipinski definition) is 2. The maximum Gasteiger partial charge on any atom is 0.322 e. The number of nitrogens with one attached hydrogen (secondary N) is 1. The molecule has 164 valence electrons. The summed E-state index contributed by atoms with van der Waals surface area (Å²) in [4.78, 5) is 29.3. The summed E-state index contributed by atoms with van der Waals surface area (Å²) in [6, 6.07) is 8.62. The van der Waals surface area contributed by atoms with E-state index in [-0.39, 0.29) is 23.5 Å². The summed E-state index contributed by atoms with van der Waals surface area (Å²) in [6.07, 6.45) is 2.69.